The number of likely N-dealkylation sites (tertiary alicyclic amines) is 2. The molecule has 3 amide bonds. The van der Waals surface area contributed by atoms with Crippen LogP contribution in [0.5, 0.6) is 5.75 Å². The second kappa shape index (κ2) is 14.8. The van der Waals surface area contributed by atoms with Gasteiger partial charge in [0.05, 0.1) is 30.4 Å². The van der Waals surface area contributed by atoms with Gasteiger partial charge in [0.15, 0.2) is 5.82 Å². The van der Waals surface area contributed by atoms with Gasteiger partial charge >= 0.3 is 12.2 Å². The number of hydrogen-bond donors (Lipinski definition) is 1. The number of carbonyl (C=O) groups excluding carboxylic acids is 3. The fourth-order valence-electron chi connectivity index (χ4n) is 9.31. The second-order valence-corrected chi connectivity index (χ2v) is 17.4. The first kappa shape index (κ1) is 37.1. The van der Waals surface area contributed by atoms with Gasteiger partial charge in [-0.2, -0.15) is 0 Å². The number of nitrogens with one attached hydrogen (secondary N) is 1. The molecule has 12 nitrogen and oxygen atoms in total. The van der Waals surface area contributed by atoms with Crippen LogP contribution in [0.2, 0.25) is 0 Å². The molecule has 3 aromatic carbocycles. The number of ether oxygens (including phenoxy) is 3. The molecular weight excluding hydrogens is 721 g/mol. The van der Waals surface area contributed by atoms with E-state index in [-0.39, 0.29) is 42.5 Å². The lowest BCUT2D eigenvalue weighted by Crippen LogP contribution is -2.46. The SMILES string of the molecule is COc1cc(C(=O)N2C[C@H]3CC[C@@H]2[C@@H]3NC(=O)OC(C)(C)C)cc2nc(-c3cc4ccccc4n3CC3CC3)n(C[C@H]3CCN(C(=O)OCc4ccccc4)C3)c12. The van der Waals surface area contributed by atoms with Crippen LogP contribution in [-0.4, -0.2) is 86.4 Å². The normalized spacial score (nSPS) is 21.8. The van der Waals surface area contributed by atoms with Crippen LogP contribution in [-0.2, 0) is 29.2 Å². The number of hydrogen-bond acceptors (Lipinski definition) is 7. The summed E-state index contributed by atoms with van der Waals surface area (Å²) >= 11 is 0. The molecular formula is C45H52N6O6. The maximum Gasteiger partial charge on any atom is 0.410 e. The average molecular weight is 773 g/mol. The highest BCUT2D eigenvalue weighted by atomic mass is 16.6. The predicted octanol–water partition coefficient (Wildman–Crippen LogP) is 7.86. The van der Waals surface area contributed by atoms with Crippen LogP contribution in [0.25, 0.3) is 33.5 Å². The van der Waals surface area contributed by atoms with E-state index >= 15 is 0 Å². The number of methoxy groups -OCH3 is 1. The van der Waals surface area contributed by atoms with E-state index < -0.39 is 11.7 Å². The van der Waals surface area contributed by atoms with Crippen LogP contribution in [0.4, 0.5) is 9.59 Å². The highest BCUT2D eigenvalue weighted by molar-refractivity contribution is 6.00. The quantitative estimate of drug-likeness (QED) is 0.154. The zero-order valence-electron chi connectivity index (χ0n) is 33.3. The van der Waals surface area contributed by atoms with Crippen LogP contribution < -0.4 is 10.1 Å². The summed E-state index contributed by atoms with van der Waals surface area (Å²) in [7, 11) is 1.64. The summed E-state index contributed by atoms with van der Waals surface area (Å²) in [4.78, 5) is 49.5. The van der Waals surface area contributed by atoms with Crippen molar-refractivity contribution in [2.24, 2.45) is 17.8 Å². The summed E-state index contributed by atoms with van der Waals surface area (Å²) in [6, 6.07) is 23.9. The smallest absolute Gasteiger partial charge is 0.410 e. The lowest BCUT2D eigenvalue weighted by Gasteiger charge is -2.28. The van der Waals surface area contributed by atoms with Gasteiger partial charge in [0.2, 0.25) is 0 Å². The van der Waals surface area contributed by atoms with Crippen LogP contribution in [0.15, 0.2) is 72.8 Å². The fraction of sp³-hybridized carbons (Fsp3) is 0.467. The monoisotopic (exact) mass is 772 g/mol. The van der Waals surface area contributed by atoms with E-state index in [1.165, 1.54) is 18.4 Å². The first-order chi connectivity index (χ1) is 27.5. The number of alkyl carbamates (subject to hydrolysis) is 1. The Labute approximate surface area is 333 Å². The van der Waals surface area contributed by atoms with Gasteiger partial charge in [-0.3, -0.25) is 4.79 Å². The number of amides is 3. The predicted molar refractivity (Wildman–Crippen MR) is 217 cm³/mol. The number of carbonyl (C=O) groups is 3. The van der Waals surface area contributed by atoms with Gasteiger partial charge in [0.1, 0.15) is 23.5 Å². The van der Waals surface area contributed by atoms with Crippen LogP contribution in [0.3, 0.4) is 0 Å². The van der Waals surface area contributed by atoms with E-state index in [4.69, 9.17) is 19.2 Å². The molecule has 0 spiro atoms. The zero-order chi connectivity index (χ0) is 39.4. The lowest BCUT2D eigenvalue weighted by molar-refractivity contribution is 0.0485. The van der Waals surface area contributed by atoms with E-state index in [9.17, 15) is 14.4 Å². The minimum absolute atomic E-state index is 0.0993. The van der Waals surface area contributed by atoms with E-state index in [2.05, 4.69) is 44.8 Å². The average Bonchev–Trinajstić information content (AvgIpc) is 3.53. The summed E-state index contributed by atoms with van der Waals surface area (Å²) in [6.45, 7) is 9.04. The first-order valence-corrected chi connectivity index (χ1v) is 20.5. The van der Waals surface area contributed by atoms with E-state index in [0.29, 0.717) is 48.9 Å². The van der Waals surface area contributed by atoms with Crippen molar-refractivity contribution in [3.8, 4) is 17.3 Å². The first-order valence-electron chi connectivity index (χ1n) is 20.5. The third-order valence-corrected chi connectivity index (χ3v) is 12.2. The summed E-state index contributed by atoms with van der Waals surface area (Å²) in [5.74, 6) is 2.23. The molecule has 2 saturated carbocycles. The van der Waals surface area contributed by atoms with Gasteiger partial charge in [-0.05, 0) is 100 Å². The van der Waals surface area contributed by atoms with Crippen molar-refractivity contribution in [3.05, 3.63) is 83.9 Å². The Morgan fingerprint density at radius 2 is 1.63 bits per heavy atom. The molecule has 4 fully saturated rings. The van der Waals surface area contributed by atoms with Crippen molar-refractivity contribution in [1.29, 1.82) is 0 Å². The van der Waals surface area contributed by atoms with Gasteiger partial charge < -0.3 is 38.5 Å². The Morgan fingerprint density at radius 1 is 0.860 bits per heavy atom. The number of benzene rings is 3. The molecule has 298 valence electrons. The molecule has 2 saturated heterocycles. The van der Waals surface area contributed by atoms with Crippen LogP contribution >= 0.6 is 0 Å². The maximum absolute atomic E-state index is 14.4. The molecule has 2 bridgehead atoms. The summed E-state index contributed by atoms with van der Waals surface area (Å²) < 4.78 is 22.1. The van der Waals surface area contributed by atoms with Crippen molar-refractivity contribution in [2.45, 2.75) is 90.3 Å². The molecule has 4 aliphatic rings. The van der Waals surface area contributed by atoms with Gasteiger partial charge in [-0.25, -0.2) is 14.6 Å². The number of aromatic nitrogens is 3. The third-order valence-electron chi connectivity index (χ3n) is 12.2. The highest BCUT2D eigenvalue weighted by Crippen LogP contribution is 2.42. The number of fused-ring (bicyclic) bond motifs is 4. The molecule has 4 heterocycles. The second-order valence-electron chi connectivity index (χ2n) is 17.4. The third kappa shape index (κ3) is 7.42. The Bertz CT molecular complexity index is 2320. The molecule has 5 aromatic rings. The number of piperidine rings is 1. The molecule has 2 aliphatic heterocycles. The Kier molecular flexibility index (Phi) is 9.61. The molecule has 57 heavy (non-hydrogen) atoms. The Hall–Kier alpha value is -5.52. The standard InChI is InChI=1S/C45H52N6O6/c1-45(2,3)57-43(53)47-39-32-16-17-36(39)50(26-32)42(52)33-20-34-40(38(22-33)55-4)51(25-30-18-19-48(23-30)44(54)56-27-29-10-6-5-7-11-29)41(46-34)37-21-31-12-8-9-13-35(31)49(37)24-28-14-15-28/h5-13,20-22,28,30,32,36,39H,14-19,23-27H2,1-4H3,(H,47,53)/t30-,32+,36+,39+/m0/s1. The van der Waals surface area contributed by atoms with Crippen LogP contribution in [0, 0.1) is 17.8 Å². The Balaban J connectivity index is 1.04. The Morgan fingerprint density at radius 3 is 2.40 bits per heavy atom. The minimum atomic E-state index is -0.608. The molecule has 0 radical (unpaired) electrons. The molecule has 2 aromatic heterocycles. The van der Waals surface area contributed by atoms with Gasteiger partial charge in [0, 0.05) is 49.2 Å². The molecule has 2 aliphatic carbocycles. The minimum Gasteiger partial charge on any atom is -0.494 e. The highest BCUT2D eigenvalue weighted by Gasteiger charge is 2.50. The van der Waals surface area contributed by atoms with Gasteiger partial charge in [0.25, 0.3) is 5.91 Å². The lowest BCUT2D eigenvalue weighted by atomic mass is 10.1. The molecule has 4 atom stereocenters. The number of imidazole rings is 1. The van der Waals surface area contributed by atoms with Gasteiger partial charge in [-0.1, -0.05) is 48.5 Å². The molecule has 9 rings (SSSR count). The van der Waals surface area contributed by atoms with Crippen LogP contribution in [0.1, 0.15) is 68.8 Å². The zero-order valence-corrected chi connectivity index (χ0v) is 33.3. The number of rotatable bonds is 10. The molecule has 0 unspecified atom stereocenters. The van der Waals surface area contributed by atoms with Crippen molar-refractivity contribution in [1.82, 2.24) is 29.2 Å². The van der Waals surface area contributed by atoms with E-state index in [0.717, 1.165) is 53.8 Å². The summed E-state index contributed by atoms with van der Waals surface area (Å²) in [5.41, 5.74) is 4.56. The van der Waals surface area contributed by atoms with E-state index in [1.54, 1.807) is 12.0 Å². The van der Waals surface area contributed by atoms with Gasteiger partial charge in [-0.15, -0.1) is 0 Å². The topological polar surface area (TPSA) is 120 Å². The maximum atomic E-state index is 14.4. The van der Waals surface area contributed by atoms with Crippen molar-refractivity contribution in [2.75, 3.05) is 26.7 Å². The molecule has 1 N–H and O–H groups in total. The number of para-hydroxylation sites is 1. The van der Waals surface area contributed by atoms with Crippen molar-refractivity contribution < 1.29 is 28.6 Å². The fourth-order valence-corrected chi connectivity index (χ4v) is 9.31. The summed E-state index contributed by atoms with van der Waals surface area (Å²) in [6.07, 6.45) is 4.26. The molecule has 12 heteroatoms. The largest absolute Gasteiger partial charge is 0.494 e. The van der Waals surface area contributed by atoms with E-state index in [1.807, 2.05) is 68.1 Å². The number of nitrogens with zero attached hydrogens (tertiary/aromatic N) is 5. The van der Waals surface area contributed by atoms with Crippen molar-refractivity contribution in [3.63, 3.8) is 0 Å². The summed E-state index contributed by atoms with van der Waals surface area (Å²) in [5, 5.41) is 4.23. The van der Waals surface area contributed by atoms with Crippen molar-refractivity contribution >= 4 is 40.0 Å².